The van der Waals surface area contributed by atoms with E-state index in [1.54, 1.807) is 24.6 Å². The van der Waals surface area contributed by atoms with Gasteiger partial charge in [-0.1, -0.05) is 0 Å². The Labute approximate surface area is 114 Å². The van der Waals surface area contributed by atoms with Crippen LogP contribution in [0.5, 0.6) is 11.5 Å². The zero-order valence-electron chi connectivity index (χ0n) is 10.4. The zero-order chi connectivity index (χ0) is 13.1. The van der Waals surface area contributed by atoms with Crippen LogP contribution in [0.1, 0.15) is 5.56 Å². The molecule has 0 aliphatic heterocycles. The Morgan fingerprint density at radius 1 is 1.26 bits per heavy atom. The van der Waals surface area contributed by atoms with Crippen molar-refractivity contribution in [3.05, 3.63) is 47.0 Å². The summed E-state index contributed by atoms with van der Waals surface area (Å²) in [5.74, 6) is 1.39. The number of hydrogen-bond acceptors (Lipinski definition) is 5. The fraction of sp³-hybridized carbons (Fsp3) is 0.143. The summed E-state index contributed by atoms with van der Waals surface area (Å²) in [6.45, 7) is 0.524. The predicted molar refractivity (Wildman–Crippen MR) is 74.7 cm³/mol. The standard InChI is InChI=1S/C14H12N2O2S/c1-17-13-4-11-6-15-9-16-12(11)5-14(13)18-7-10-2-3-19-8-10/h2-6,8-9H,7H2,1H3. The largest absolute Gasteiger partial charge is 0.493 e. The van der Waals surface area contributed by atoms with Gasteiger partial charge in [0.25, 0.3) is 0 Å². The lowest BCUT2D eigenvalue weighted by Gasteiger charge is -2.11. The van der Waals surface area contributed by atoms with Crippen LogP contribution in [0.25, 0.3) is 10.9 Å². The van der Waals surface area contributed by atoms with Crippen LogP contribution < -0.4 is 9.47 Å². The Balaban J connectivity index is 1.92. The topological polar surface area (TPSA) is 44.2 Å². The molecule has 0 spiro atoms. The fourth-order valence-corrected chi connectivity index (χ4v) is 2.45. The van der Waals surface area contributed by atoms with Crippen LogP contribution in [0.3, 0.4) is 0 Å². The van der Waals surface area contributed by atoms with Gasteiger partial charge in [0, 0.05) is 17.6 Å². The molecule has 0 fully saturated rings. The lowest BCUT2D eigenvalue weighted by atomic mass is 10.2. The Hall–Kier alpha value is -2.14. The molecule has 2 heterocycles. The molecule has 3 rings (SSSR count). The molecule has 2 aromatic heterocycles. The maximum atomic E-state index is 5.80. The van der Waals surface area contributed by atoms with Crippen LogP contribution in [-0.4, -0.2) is 17.1 Å². The predicted octanol–water partition coefficient (Wildman–Crippen LogP) is 3.28. The number of thiophene rings is 1. The van der Waals surface area contributed by atoms with E-state index in [0.29, 0.717) is 18.1 Å². The molecule has 0 N–H and O–H groups in total. The van der Waals surface area contributed by atoms with Crippen molar-refractivity contribution in [1.82, 2.24) is 9.97 Å². The maximum Gasteiger partial charge on any atom is 0.163 e. The number of hydrogen-bond donors (Lipinski definition) is 0. The van der Waals surface area contributed by atoms with Gasteiger partial charge in [-0.05, 0) is 28.5 Å². The smallest absolute Gasteiger partial charge is 0.163 e. The van der Waals surface area contributed by atoms with Gasteiger partial charge < -0.3 is 9.47 Å². The molecule has 0 saturated heterocycles. The molecule has 4 nitrogen and oxygen atoms in total. The number of methoxy groups -OCH3 is 1. The highest BCUT2D eigenvalue weighted by molar-refractivity contribution is 7.07. The van der Waals surface area contributed by atoms with Gasteiger partial charge >= 0.3 is 0 Å². The van der Waals surface area contributed by atoms with E-state index in [2.05, 4.69) is 15.3 Å². The van der Waals surface area contributed by atoms with Crippen molar-refractivity contribution in [1.29, 1.82) is 0 Å². The quantitative estimate of drug-likeness (QED) is 0.731. The third kappa shape index (κ3) is 2.51. The van der Waals surface area contributed by atoms with E-state index in [1.165, 1.54) is 6.33 Å². The van der Waals surface area contributed by atoms with Crippen molar-refractivity contribution in [3.63, 3.8) is 0 Å². The fourth-order valence-electron chi connectivity index (χ4n) is 1.80. The third-order valence-corrected chi connectivity index (χ3v) is 3.50. The van der Waals surface area contributed by atoms with Gasteiger partial charge in [-0.3, -0.25) is 0 Å². The number of nitrogens with zero attached hydrogens (tertiary/aromatic N) is 2. The summed E-state index contributed by atoms with van der Waals surface area (Å²) < 4.78 is 11.1. The molecular weight excluding hydrogens is 260 g/mol. The van der Waals surface area contributed by atoms with Gasteiger partial charge in [0.1, 0.15) is 12.9 Å². The van der Waals surface area contributed by atoms with Crippen molar-refractivity contribution in [2.75, 3.05) is 7.11 Å². The SMILES string of the molecule is COc1cc2cncnc2cc1OCc1ccsc1. The Bertz CT molecular complexity index is 683. The molecule has 0 amide bonds. The molecule has 0 bridgehead atoms. The molecule has 0 aliphatic rings. The van der Waals surface area contributed by atoms with Crippen molar-refractivity contribution < 1.29 is 9.47 Å². The molecule has 0 aliphatic carbocycles. The molecule has 3 aromatic rings. The molecule has 5 heteroatoms. The van der Waals surface area contributed by atoms with Gasteiger partial charge in [0.2, 0.25) is 0 Å². The van der Waals surface area contributed by atoms with Gasteiger partial charge in [-0.25, -0.2) is 9.97 Å². The Kier molecular flexibility index (Phi) is 3.29. The molecule has 19 heavy (non-hydrogen) atoms. The number of aromatic nitrogens is 2. The molecule has 1 aromatic carbocycles. The van der Waals surface area contributed by atoms with E-state index in [-0.39, 0.29) is 0 Å². The summed E-state index contributed by atoms with van der Waals surface area (Å²) in [6.07, 6.45) is 3.28. The van der Waals surface area contributed by atoms with E-state index < -0.39 is 0 Å². The second-order valence-corrected chi connectivity index (χ2v) is 4.78. The van der Waals surface area contributed by atoms with Gasteiger partial charge in [-0.15, -0.1) is 0 Å². The first kappa shape index (κ1) is 11.9. The van der Waals surface area contributed by atoms with Crippen molar-refractivity contribution >= 4 is 22.2 Å². The molecule has 96 valence electrons. The minimum atomic E-state index is 0.524. The van der Waals surface area contributed by atoms with Crippen LogP contribution in [-0.2, 0) is 6.61 Å². The van der Waals surface area contributed by atoms with Crippen molar-refractivity contribution in [2.24, 2.45) is 0 Å². The van der Waals surface area contributed by atoms with Crippen molar-refractivity contribution in [3.8, 4) is 11.5 Å². The van der Waals surface area contributed by atoms with E-state index in [4.69, 9.17) is 9.47 Å². The van der Waals surface area contributed by atoms with Crippen LogP contribution in [0.4, 0.5) is 0 Å². The molecule has 0 radical (unpaired) electrons. The summed E-state index contributed by atoms with van der Waals surface area (Å²) in [5, 5.41) is 5.03. The monoisotopic (exact) mass is 272 g/mol. The van der Waals surface area contributed by atoms with Crippen LogP contribution in [0.15, 0.2) is 41.5 Å². The number of ether oxygens (including phenoxy) is 2. The van der Waals surface area contributed by atoms with E-state index in [1.807, 2.05) is 23.6 Å². The molecular formula is C14H12N2O2S. The summed E-state index contributed by atoms with van der Waals surface area (Å²) in [4.78, 5) is 8.22. The molecule has 0 saturated carbocycles. The summed E-state index contributed by atoms with van der Waals surface area (Å²) in [5.41, 5.74) is 1.99. The minimum Gasteiger partial charge on any atom is -0.493 e. The van der Waals surface area contributed by atoms with Gasteiger partial charge in [0.05, 0.1) is 12.6 Å². The first-order valence-electron chi connectivity index (χ1n) is 5.78. The highest BCUT2D eigenvalue weighted by Gasteiger charge is 2.08. The lowest BCUT2D eigenvalue weighted by Crippen LogP contribution is -1.97. The molecule has 0 atom stereocenters. The lowest BCUT2D eigenvalue weighted by molar-refractivity contribution is 0.285. The first-order valence-corrected chi connectivity index (χ1v) is 6.73. The maximum absolute atomic E-state index is 5.80. The zero-order valence-corrected chi connectivity index (χ0v) is 11.2. The van der Waals surface area contributed by atoms with E-state index in [0.717, 1.165) is 16.5 Å². The average Bonchev–Trinajstić information content (AvgIpc) is 2.97. The highest BCUT2D eigenvalue weighted by Crippen LogP contribution is 2.31. The second kappa shape index (κ2) is 5.24. The first-order chi connectivity index (χ1) is 9.36. The Morgan fingerprint density at radius 2 is 2.21 bits per heavy atom. The minimum absolute atomic E-state index is 0.524. The Morgan fingerprint density at radius 3 is 3.00 bits per heavy atom. The second-order valence-electron chi connectivity index (χ2n) is 4.00. The van der Waals surface area contributed by atoms with Gasteiger partial charge in [0.15, 0.2) is 11.5 Å². The summed E-state index contributed by atoms with van der Waals surface area (Å²) in [6, 6.07) is 5.81. The van der Waals surface area contributed by atoms with E-state index >= 15 is 0 Å². The summed E-state index contributed by atoms with van der Waals surface area (Å²) in [7, 11) is 1.63. The third-order valence-electron chi connectivity index (χ3n) is 2.76. The number of rotatable bonds is 4. The van der Waals surface area contributed by atoms with E-state index in [9.17, 15) is 0 Å². The number of benzene rings is 1. The van der Waals surface area contributed by atoms with Gasteiger partial charge in [-0.2, -0.15) is 11.3 Å². The van der Waals surface area contributed by atoms with Crippen molar-refractivity contribution in [2.45, 2.75) is 6.61 Å². The summed E-state index contributed by atoms with van der Waals surface area (Å²) >= 11 is 1.66. The van der Waals surface area contributed by atoms with Crippen LogP contribution in [0.2, 0.25) is 0 Å². The van der Waals surface area contributed by atoms with Crippen LogP contribution in [0, 0.1) is 0 Å². The molecule has 0 unspecified atom stereocenters. The average molecular weight is 272 g/mol. The van der Waals surface area contributed by atoms with Crippen LogP contribution >= 0.6 is 11.3 Å². The normalized spacial score (nSPS) is 10.6. The number of fused-ring (bicyclic) bond motifs is 1. The highest BCUT2D eigenvalue weighted by atomic mass is 32.1.